The Hall–Kier alpha value is -1.88. The molecule has 3 rings (SSSR count). The summed E-state index contributed by atoms with van der Waals surface area (Å²) in [4.78, 5) is 16.6. The predicted octanol–water partition coefficient (Wildman–Crippen LogP) is 5.20. The lowest BCUT2D eigenvalue weighted by Gasteiger charge is -2.13. The van der Waals surface area contributed by atoms with E-state index in [1.165, 1.54) is 0 Å². The predicted molar refractivity (Wildman–Crippen MR) is 126 cm³/mol. The van der Waals surface area contributed by atoms with Crippen molar-refractivity contribution in [3.05, 3.63) is 73.0 Å². The van der Waals surface area contributed by atoms with Crippen molar-refractivity contribution in [1.82, 2.24) is 0 Å². The molecule has 0 spiro atoms. The number of carbonyl (C=O) groups excluding carboxylic acids is 1. The number of rotatable bonds is 7. The summed E-state index contributed by atoms with van der Waals surface area (Å²) in [6.45, 7) is 6.45. The molecule has 0 aliphatic carbocycles. The number of hydrogen-bond donors (Lipinski definition) is 0. The minimum Gasteiger partial charge on any atom is -0.490 e. The molecule has 2 aromatic carbocycles. The first kappa shape index (κ1) is 20.8. The first-order valence-corrected chi connectivity index (χ1v) is 10.7. The van der Waals surface area contributed by atoms with E-state index in [9.17, 15) is 4.79 Å². The van der Waals surface area contributed by atoms with E-state index in [0.717, 1.165) is 18.3 Å². The normalized spacial score (nSPS) is 14.6. The maximum absolute atomic E-state index is 12.3. The van der Waals surface area contributed by atoms with Crippen LogP contribution in [0.3, 0.4) is 0 Å². The van der Waals surface area contributed by atoms with E-state index < -0.39 is 5.97 Å². The van der Waals surface area contributed by atoms with Crippen molar-refractivity contribution >= 4 is 63.1 Å². The summed E-state index contributed by atoms with van der Waals surface area (Å²) in [5.74, 6) is 1.09. The highest BCUT2D eigenvalue weighted by Crippen LogP contribution is 2.35. The maximum atomic E-state index is 12.3. The number of aliphatic imine (C=N–C) groups is 1. The highest BCUT2D eigenvalue weighted by atomic mass is 127. The largest absolute Gasteiger partial charge is 0.490 e. The van der Waals surface area contributed by atoms with Crippen molar-refractivity contribution in [2.75, 3.05) is 13.2 Å². The van der Waals surface area contributed by atoms with Gasteiger partial charge in [0, 0.05) is 9.13 Å². The number of benzene rings is 2. The Morgan fingerprint density at radius 1 is 1.18 bits per heavy atom. The van der Waals surface area contributed by atoms with Crippen molar-refractivity contribution in [1.29, 1.82) is 0 Å². The summed E-state index contributed by atoms with van der Waals surface area (Å²) < 4.78 is 18.7. The summed E-state index contributed by atoms with van der Waals surface area (Å²) in [7, 11) is 0. The third-order valence-electron chi connectivity index (χ3n) is 3.69. The molecule has 1 heterocycles. The average molecular weight is 601 g/mol. The molecule has 7 heteroatoms. The monoisotopic (exact) mass is 601 g/mol. The Kier molecular flexibility index (Phi) is 7.11. The number of carbonyl (C=O) groups is 1. The van der Waals surface area contributed by atoms with Crippen LogP contribution in [0.15, 0.2) is 59.7 Å². The number of nitrogens with zero attached hydrogens (tertiary/aromatic N) is 1. The Balaban J connectivity index is 1.94. The number of ether oxygens (including phenoxy) is 3. The van der Waals surface area contributed by atoms with Gasteiger partial charge in [0.2, 0.25) is 5.90 Å². The van der Waals surface area contributed by atoms with Gasteiger partial charge in [-0.3, -0.25) is 0 Å². The molecule has 0 radical (unpaired) electrons. The lowest BCUT2D eigenvalue weighted by atomic mass is 10.1. The Bertz CT molecular complexity index is 965. The van der Waals surface area contributed by atoms with Crippen LogP contribution in [-0.4, -0.2) is 25.1 Å². The molecule has 0 atom stereocenters. The number of halogens is 2. The Labute approximate surface area is 190 Å². The van der Waals surface area contributed by atoms with Crippen LogP contribution in [0.1, 0.15) is 18.1 Å². The maximum Gasteiger partial charge on any atom is 0.363 e. The summed E-state index contributed by atoms with van der Waals surface area (Å²) >= 11 is 4.40. The average Bonchev–Trinajstić information content (AvgIpc) is 3.02. The molecule has 0 aromatic heterocycles. The second kappa shape index (κ2) is 9.55. The van der Waals surface area contributed by atoms with Crippen LogP contribution >= 0.6 is 45.2 Å². The number of esters is 1. The van der Waals surface area contributed by atoms with Crippen LogP contribution in [-0.2, 0) is 9.53 Å². The highest BCUT2D eigenvalue weighted by Gasteiger charge is 2.24. The molecule has 5 nitrogen and oxygen atoms in total. The second-order valence-electron chi connectivity index (χ2n) is 5.71. The second-order valence-corrected chi connectivity index (χ2v) is 8.11. The first-order chi connectivity index (χ1) is 13.5. The molecule has 0 N–H and O–H groups in total. The van der Waals surface area contributed by atoms with Gasteiger partial charge in [-0.25, -0.2) is 9.79 Å². The zero-order valence-corrected chi connectivity index (χ0v) is 19.4. The molecular weight excluding hydrogens is 584 g/mol. The van der Waals surface area contributed by atoms with Gasteiger partial charge in [0.25, 0.3) is 0 Å². The summed E-state index contributed by atoms with van der Waals surface area (Å²) in [6.07, 6.45) is 3.36. The molecule has 2 aromatic rings. The minimum atomic E-state index is -0.478. The van der Waals surface area contributed by atoms with E-state index in [2.05, 4.69) is 56.8 Å². The molecule has 144 valence electrons. The van der Waals surface area contributed by atoms with Crippen LogP contribution in [0.5, 0.6) is 11.5 Å². The molecule has 1 aliphatic heterocycles. The topological polar surface area (TPSA) is 57.1 Å². The Morgan fingerprint density at radius 3 is 2.61 bits per heavy atom. The van der Waals surface area contributed by atoms with Crippen molar-refractivity contribution < 1.29 is 19.0 Å². The summed E-state index contributed by atoms with van der Waals surface area (Å²) in [5, 5.41) is 0. The fourth-order valence-electron chi connectivity index (χ4n) is 2.50. The van der Waals surface area contributed by atoms with Crippen LogP contribution in [0.4, 0.5) is 0 Å². The molecule has 28 heavy (non-hydrogen) atoms. The minimum absolute atomic E-state index is 0.242. The Morgan fingerprint density at radius 2 is 1.93 bits per heavy atom. The lowest BCUT2D eigenvalue weighted by molar-refractivity contribution is -0.129. The van der Waals surface area contributed by atoms with Gasteiger partial charge in [-0.1, -0.05) is 12.7 Å². The zero-order chi connectivity index (χ0) is 20.1. The summed E-state index contributed by atoms with van der Waals surface area (Å²) in [6, 6.07) is 11.3. The molecule has 0 saturated heterocycles. The molecule has 0 saturated carbocycles. The van der Waals surface area contributed by atoms with Crippen LogP contribution < -0.4 is 9.47 Å². The summed E-state index contributed by atoms with van der Waals surface area (Å²) in [5.41, 5.74) is 1.78. The molecule has 0 unspecified atom stereocenters. The van der Waals surface area contributed by atoms with Gasteiger partial charge in [-0.15, -0.1) is 0 Å². The fraction of sp³-hybridized carbons (Fsp3) is 0.143. The van der Waals surface area contributed by atoms with Crippen LogP contribution in [0.2, 0.25) is 0 Å². The third-order valence-corrected chi connectivity index (χ3v) is 5.21. The molecule has 1 aliphatic rings. The zero-order valence-electron chi connectivity index (χ0n) is 15.1. The molecular formula is C21H17I2NO4. The quantitative estimate of drug-likeness (QED) is 0.190. The molecule has 0 amide bonds. The van der Waals surface area contributed by atoms with Gasteiger partial charge < -0.3 is 14.2 Å². The van der Waals surface area contributed by atoms with E-state index in [-0.39, 0.29) is 5.70 Å². The third kappa shape index (κ3) is 4.93. The highest BCUT2D eigenvalue weighted by molar-refractivity contribution is 14.1. The lowest BCUT2D eigenvalue weighted by Crippen LogP contribution is -2.05. The van der Waals surface area contributed by atoms with Crippen molar-refractivity contribution in [2.24, 2.45) is 4.99 Å². The van der Waals surface area contributed by atoms with Crippen molar-refractivity contribution in [3.8, 4) is 11.5 Å². The van der Waals surface area contributed by atoms with Crippen molar-refractivity contribution in [2.45, 2.75) is 6.92 Å². The van der Waals surface area contributed by atoms with E-state index in [1.54, 1.807) is 12.2 Å². The molecule has 0 fully saturated rings. The van der Waals surface area contributed by atoms with Gasteiger partial charge in [-0.05, 0) is 100 Å². The molecule has 0 bridgehead atoms. The fourth-order valence-corrected chi connectivity index (χ4v) is 3.64. The van der Waals surface area contributed by atoms with Gasteiger partial charge in [0.05, 0.1) is 10.2 Å². The van der Waals surface area contributed by atoms with Crippen LogP contribution in [0, 0.1) is 7.14 Å². The van der Waals surface area contributed by atoms with Gasteiger partial charge >= 0.3 is 5.97 Å². The SMILES string of the molecule is C=CCOc1c(I)cc(/C=C2\N=C(c3ccc(I)cc3)OC2=O)cc1OCC. The van der Waals surface area contributed by atoms with E-state index >= 15 is 0 Å². The van der Waals surface area contributed by atoms with Gasteiger partial charge in [-0.2, -0.15) is 0 Å². The standard InChI is InChI=1S/C21H17I2NO4/c1-3-9-27-19-16(23)10-13(12-18(19)26-4-2)11-17-21(25)28-20(24-17)14-5-7-15(22)8-6-14/h3,5-8,10-12H,1,4,9H2,2H3/b17-11-. The van der Waals surface area contributed by atoms with Crippen molar-refractivity contribution in [3.63, 3.8) is 0 Å². The first-order valence-electron chi connectivity index (χ1n) is 8.50. The number of cyclic esters (lactones) is 1. The van der Waals surface area contributed by atoms with Gasteiger partial charge in [0.1, 0.15) is 6.61 Å². The van der Waals surface area contributed by atoms with Crippen LogP contribution in [0.25, 0.3) is 6.08 Å². The van der Waals surface area contributed by atoms with E-state index in [4.69, 9.17) is 14.2 Å². The smallest absolute Gasteiger partial charge is 0.363 e. The van der Waals surface area contributed by atoms with E-state index in [0.29, 0.717) is 30.6 Å². The number of hydrogen-bond acceptors (Lipinski definition) is 5. The van der Waals surface area contributed by atoms with E-state index in [1.807, 2.05) is 43.3 Å². The van der Waals surface area contributed by atoms with Gasteiger partial charge in [0.15, 0.2) is 17.2 Å².